The number of rotatable bonds is 3. The third-order valence-electron chi connectivity index (χ3n) is 2.03. The number of aromatic nitrogens is 2. The Morgan fingerprint density at radius 1 is 1.57 bits per heavy atom. The van der Waals surface area contributed by atoms with Gasteiger partial charge in [-0.15, -0.1) is 11.3 Å². The molecule has 0 saturated heterocycles. The van der Waals surface area contributed by atoms with Crippen molar-refractivity contribution in [2.75, 3.05) is 7.05 Å². The van der Waals surface area contributed by atoms with Crippen LogP contribution >= 0.6 is 11.3 Å². The minimum atomic E-state index is 0.862. The second-order valence-corrected chi connectivity index (χ2v) is 4.13. The number of aryl methyl sites for hydroxylation is 1. The summed E-state index contributed by atoms with van der Waals surface area (Å²) < 4.78 is 1.86. The van der Waals surface area contributed by atoms with Crippen molar-refractivity contribution in [2.24, 2.45) is 7.05 Å². The zero-order chi connectivity index (χ0) is 9.97. The summed E-state index contributed by atoms with van der Waals surface area (Å²) >= 11 is 1.73. The van der Waals surface area contributed by atoms with Crippen LogP contribution in [-0.2, 0) is 13.6 Å². The lowest BCUT2D eigenvalue weighted by Crippen LogP contribution is -2.04. The van der Waals surface area contributed by atoms with Gasteiger partial charge in [-0.2, -0.15) is 5.10 Å². The van der Waals surface area contributed by atoms with E-state index in [9.17, 15) is 0 Å². The van der Waals surface area contributed by atoms with Gasteiger partial charge in [-0.25, -0.2) is 0 Å². The molecule has 0 amide bonds. The van der Waals surface area contributed by atoms with Crippen molar-refractivity contribution in [2.45, 2.75) is 6.54 Å². The molecule has 0 aliphatic carbocycles. The number of nitrogens with one attached hydrogen (secondary N) is 1. The average molecular weight is 207 g/mol. The van der Waals surface area contributed by atoms with E-state index in [-0.39, 0.29) is 0 Å². The van der Waals surface area contributed by atoms with Crippen molar-refractivity contribution in [1.29, 1.82) is 0 Å². The fourth-order valence-corrected chi connectivity index (χ4v) is 2.22. The molecule has 0 aliphatic rings. The Hall–Kier alpha value is -1.13. The van der Waals surface area contributed by atoms with Crippen LogP contribution in [0.4, 0.5) is 0 Å². The number of nitrogens with zero attached hydrogens (tertiary/aromatic N) is 2. The number of hydrogen-bond acceptors (Lipinski definition) is 3. The Kier molecular flexibility index (Phi) is 2.65. The molecule has 14 heavy (non-hydrogen) atoms. The molecular formula is C10H13N3S. The largest absolute Gasteiger partial charge is 0.316 e. The maximum Gasteiger partial charge on any atom is 0.107 e. The Balaban J connectivity index is 2.41. The minimum Gasteiger partial charge on any atom is -0.316 e. The molecule has 0 aliphatic heterocycles. The first-order chi connectivity index (χ1) is 6.81. The lowest BCUT2D eigenvalue weighted by atomic mass is 10.2. The average Bonchev–Trinajstić information content (AvgIpc) is 2.74. The van der Waals surface area contributed by atoms with Crippen molar-refractivity contribution >= 4 is 11.3 Å². The predicted molar refractivity (Wildman–Crippen MR) is 59.3 cm³/mol. The van der Waals surface area contributed by atoms with Gasteiger partial charge in [-0.3, -0.25) is 4.68 Å². The van der Waals surface area contributed by atoms with E-state index < -0.39 is 0 Å². The number of hydrogen-bond donors (Lipinski definition) is 1. The molecule has 0 aromatic carbocycles. The quantitative estimate of drug-likeness (QED) is 0.832. The van der Waals surface area contributed by atoms with Crippen LogP contribution in [0.3, 0.4) is 0 Å². The Morgan fingerprint density at radius 3 is 3.07 bits per heavy atom. The summed E-state index contributed by atoms with van der Waals surface area (Å²) in [6, 6.07) is 4.16. The highest BCUT2D eigenvalue weighted by atomic mass is 32.1. The molecule has 0 radical (unpaired) electrons. The van der Waals surface area contributed by atoms with E-state index in [2.05, 4.69) is 34.1 Å². The van der Waals surface area contributed by atoms with Crippen molar-refractivity contribution in [3.05, 3.63) is 29.3 Å². The summed E-state index contributed by atoms with van der Waals surface area (Å²) in [5.41, 5.74) is 2.34. The van der Waals surface area contributed by atoms with Crippen LogP contribution in [0, 0.1) is 0 Å². The highest BCUT2D eigenvalue weighted by molar-refractivity contribution is 7.13. The maximum absolute atomic E-state index is 4.46. The van der Waals surface area contributed by atoms with Crippen LogP contribution in [0.2, 0.25) is 0 Å². The van der Waals surface area contributed by atoms with Gasteiger partial charge in [0.05, 0.1) is 4.88 Å². The maximum atomic E-state index is 4.46. The highest BCUT2D eigenvalue weighted by Gasteiger charge is 2.09. The fourth-order valence-electron chi connectivity index (χ4n) is 1.48. The highest BCUT2D eigenvalue weighted by Crippen LogP contribution is 2.26. The van der Waals surface area contributed by atoms with E-state index >= 15 is 0 Å². The summed E-state index contributed by atoms with van der Waals surface area (Å²) in [6.45, 7) is 0.862. The molecule has 0 spiro atoms. The molecule has 0 saturated carbocycles. The summed E-state index contributed by atoms with van der Waals surface area (Å²) in [5, 5.41) is 9.69. The van der Waals surface area contributed by atoms with Crippen LogP contribution < -0.4 is 5.32 Å². The van der Waals surface area contributed by atoms with Crippen LogP contribution in [0.1, 0.15) is 5.56 Å². The van der Waals surface area contributed by atoms with Crippen LogP contribution in [0.5, 0.6) is 0 Å². The van der Waals surface area contributed by atoms with Gasteiger partial charge in [-0.1, -0.05) is 6.07 Å². The van der Waals surface area contributed by atoms with E-state index in [1.807, 2.05) is 18.8 Å². The van der Waals surface area contributed by atoms with Gasteiger partial charge >= 0.3 is 0 Å². The second-order valence-electron chi connectivity index (χ2n) is 3.18. The third kappa shape index (κ3) is 1.71. The van der Waals surface area contributed by atoms with E-state index in [4.69, 9.17) is 0 Å². The van der Waals surface area contributed by atoms with Crippen molar-refractivity contribution in [1.82, 2.24) is 15.1 Å². The first kappa shape index (κ1) is 9.43. The lowest BCUT2D eigenvalue weighted by Gasteiger charge is -1.97. The zero-order valence-electron chi connectivity index (χ0n) is 8.32. The molecule has 3 nitrogen and oxygen atoms in total. The van der Waals surface area contributed by atoms with Gasteiger partial charge in [0.2, 0.25) is 0 Å². The van der Waals surface area contributed by atoms with Gasteiger partial charge < -0.3 is 5.32 Å². The molecule has 74 valence electrons. The van der Waals surface area contributed by atoms with Crippen molar-refractivity contribution in [3.63, 3.8) is 0 Å². The second kappa shape index (κ2) is 3.94. The molecular weight excluding hydrogens is 194 g/mol. The Labute approximate surface area is 87.4 Å². The summed E-state index contributed by atoms with van der Waals surface area (Å²) in [4.78, 5) is 1.23. The monoisotopic (exact) mass is 207 g/mol. The number of thiophene rings is 1. The first-order valence-corrected chi connectivity index (χ1v) is 5.40. The van der Waals surface area contributed by atoms with Gasteiger partial charge in [0.25, 0.3) is 0 Å². The van der Waals surface area contributed by atoms with Gasteiger partial charge in [0.15, 0.2) is 0 Å². The fraction of sp³-hybridized carbons (Fsp3) is 0.300. The molecule has 2 rings (SSSR count). The van der Waals surface area contributed by atoms with E-state index in [0.29, 0.717) is 0 Å². The Bertz CT molecular complexity index is 403. The van der Waals surface area contributed by atoms with Crippen LogP contribution in [-0.4, -0.2) is 16.8 Å². The molecule has 2 heterocycles. The molecule has 1 N–H and O–H groups in total. The standard InChI is InChI=1S/C10H13N3S/c1-11-6-8-7-13(2)12-10(8)9-4-3-5-14-9/h3-5,7,11H,6H2,1-2H3. The van der Waals surface area contributed by atoms with Crippen molar-refractivity contribution in [3.8, 4) is 10.6 Å². The van der Waals surface area contributed by atoms with E-state index in [1.165, 1.54) is 10.4 Å². The van der Waals surface area contributed by atoms with E-state index in [0.717, 1.165) is 12.2 Å². The van der Waals surface area contributed by atoms with E-state index in [1.54, 1.807) is 11.3 Å². The van der Waals surface area contributed by atoms with Gasteiger partial charge in [-0.05, 0) is 18.5 Å². The predicted octanol–water partition coefficient (Wildman–Crippen LogP) is 1.87. The smallest absolute Gasteiger partial charge is 0.107 e. The van der Waals surface area contributed by atoms with Gasteiger partial charge in [0, 0.05) is 25.4 Å². The van der Waals surface area contributed by atoms with Crippen LogP contribution in [0.25, 0.3) is 10.6 Å². The third-order valence-corrected chi connectivity index (χ3v) is 2.90. The molecule has 0 bridgehead atoms. The summed E-state index contributed by atoms with van der Waals surface area (Å²) in [6.07, 6.45) is 2.06. The molecule has 0 fully saturated rings. The summed E-state index contributed by atoms with van der Waals surface area (Å²) in [7, 11) is 3.90. The summed E-state index contributed by atoms with van der Waals surface area (Å²) in [5.74, 6) is 0. The van der Waals surface area contributed by atoms with Crippen LogP contribution in [0.15, 0.2) is 23.7 Å². The first-order valence-electron chi connectivity index (χ1n) is 4.52. The minimum absolute atomic E-state index is 0.862. The molecule has 4 heteroatoms. The topological polar surface area (TPSA) is 29.9 Å². The molecule has 0 atom stereocenters. The molecule has 0 unspecified atom stereocenters. The normalized spacial score (nSPS) is 10.7. The Morgan fingerprint density at radius 2 is 2.43 bits per heavy atom. The lowest BCUT2D eigenvalue weighted by molar-refractivity contribution is 0.766. The van der Waals surface area contributed by atoms with Crippen molar-refractivity contribution < 1.29 is 0 Å². The zero-order valence-corrected chi connectivity index (χ0v) is 9.14. The SMILES string of the molecule is CNCc1cn(C)nc1-c1cccs1. The molecule has 2 aromatic rings. The molecule has 2 aromatic heterocycles. The van der Waals surface area contributed by atoms with Gasteiger partial charge in [0.1, 0.15) is 5.69 Å².